The number of methoxy groups -OCH3 is 2. The molecule has 8 heteroatoms. The second-order valence-electron chi connectivity index (χ2n) is 3.67. The van der Waals surface area contributed by atoms with Crippen molar-refractivity contribution in [3.63, 3.8) is 0 Å². The zero-order valence-electron chi connectivity index (χ0n) is 11.3. The van der Waals surface area contributed by atoms with Crippen molar-refractivity contribution in [2.75, 3.05) is 33.9 Å². The molecule has 19 heavy (non-hydrogen) atoms. The molecular formula is C11H21N3O5. The van der Waals surface area contributed by atoms with E-state index < -0.39 is 12.2 Å². The Labute approximate surface area is 112 Å². The number of unbranched alkanes of at least 4 members (excludes halogenated alkanes) is 2. The van der Waals surface area contributed by atoms with E-state index in [1.54, 1.807) is 0 Å². The van der Waals surface area contributed by atoms with E-state index in [-0.39, 0.29) is 12.5 Å². The van der Waals surface area contributed by atoms with Crippen molar-refractivity contribution in [3.8, 4) is 0 Å². The Balaban J connectivity index is 3.32. The molecule has 0 aliphatic rings. The zero-order chi connectivity index (χ0) is 14.5. The predicted octanol–water partition coefficient (Wildman–Crippen LogP) is -0.0151. The van der Waals surface area contributed by atoms with Crippen molar-refractivity contribution in [3.05, 3.63) is 0 Å². The van der Waals surface area contributed by atoms with Gasteiger partial charge in [0.2, 0.25) is 5.91 Å². The topological polar surface area (TPSA) is 106 Å². The van der Waals surface area contributed by atoms with Gasteiger partial charge in [0.25, 0.3) is 0 Å². The van der Waals surface area contributed by atoms with Crippen LogP contribution >= 0.6 is 0 Å². The van der Waals surface area contributed by atoms with Gasteiger partial charge in [-0.15, -0.1) is 0 Å². The summed E-state index contributed by atoms with van der Waals surface area (Å²) in [4.78, 5) is 32.6. The molecule has 110 valence electrons. The summed E-state index contributed by atoms with van der Waals surface area (Å²) in [5.41, 5.74) is 0. The molecule has 0 aromatic heterocycles. The molecule has 0 saturated heterocycles. The molecule has 0 atom stereocenters. The number of ether oxygens (including phenoxy) is 2. The third-order valence-corrected chi connectivity index (χ3v) is 2.21. The van der Waals surface area contributed by atoms with Gasteiger partial charge in [-0.25, -0.2) is 9.59 Å². The van der Waals surface area contributed by atoms with Crippen molar-refractivity contribution in [1.82, 2.24) is 16.0 Å². The molecule has 0 fully saturated rings. The van der Waals surface area contributed by atoms with Crippen LogP contribution < -0.4 is 16.0 Å². The minimum atomic E-state index is -0.635. The molecule has 0 heterocycles. The van der Waals surface area contributed by atoms with Crippen molar-refractivity contribution in [2.45, 2.75) is 19.3 Å². The molecule has 0 aromatic carbocycles. The van der Waals surface area contributed by atoms with E-state index >= 15 is 0 Å². The Morgan fingerprint density at radius 2 is 1.32 bits per heavy atom. The third-order valence-electron chi connectivity index (χ3n) is 2.21. The highest BCUT2D eigenvalue weighted by atomic mass is 16.5. The average molecular weight is 275 g/mol. The van der Waals surface area contributed by atoms with Crippen molar-refractivity contribution in [2.24, 2.45) is 0 Å². The molecule has 0 radical (unpaired) electrons. The van der Waals surface area contributed by atoms with Gasteiger partial charge in [0.1, 0.15) is 0 Å². The van der Waals surface area contributed by atoms with Gasteiger partial charge < -0.3 is 25.4 Å². The summed E-state index contributed by atoms with van der Waals surface area (Å²) in [6, 6.07) is 0. The summed E-state index contributed by atoms with van der Waals surface area (Å²) in [7, 11) is 2.54. The van der Waals surface area contributed by atoms with Crippen LogP contribution in [-0.2, 0) is 14.3 Å². The third kappa shape index (κ3) is 10.9. The van der Waals surface area contributed by atoms with Gasteiger partial charge in [0.05, 0.1) is 20.8 Å². The van der Waals surface area contributed by atoms with Crippen LogP contribution in [0.5, 0.6) is 0 Å². The van der Waals surface area contributed by atoms with E-state index in [0.29, 0.717) is 13.1 Å². The van der Waals surface area contributed by atoms with Gasteiger partial charge in [-0.1, -0.05) is 0 Å². The molecule has 3 N–H and O–H groups in total. The summed E-state index contributed by atoms with van der Waals surface area (Å²) in [5, 5.41) is 7.49. The lowest BCUT2D eigenvalue weighted by Crippen LogP contribution is -2.37. The Morgan fingerprint density at radius 1 is 0.789 bits per heavy atom. The lowest BCUT2D eigenvalue weighted by molar-refractivity contribution is -0.120. The van der Waals surface area contributed by atoms with E-state index in [4.69, 9.17) is 0 Å². The van der Waals surface area contributed by atoms with Crippen LogP contribution in [0, 0.1) is 0 Å². The second-order valence-corrected chi connectivity index (χ2v) is 3.67. The van der Waals surface area contributed by atoms with E-state index in [0.717, 1.165) is 19.3 Å². The van der Waals surface area contributed by atoms with Gasteiger partial charge >= 0.3 is 12.2 Å². The summed E-state index contributed by atoms with van der Waals surface area (Å²) < 4.78 is 8.74. The quantitative estimate of drug-likeness (QED) is 0.540. The molecule has 0 spiro atoms. The molecule has 0 bridgehead atoms. The fraction of sp³-hybridized carbons (Fsp3) is 0.727. The minimum Gasteiger partial charge on any atom is -0.453 e. The maximum absolute atomic E-state index is 11.2. The van der Waals surface area contributed by atoms with Gasteiger partial charge in [0.15, 0.2) is 0 Å². The molecule has 8 nitrogen and oxygen atoms in total. The first-order valence-electron chi connectivity index (χ1n) is 6.00. The number of rotatable bonds is 8. The van der Waals surface area contributed by atoms with Crippen LogP contribution in [0.25, 0.3) is 0 Å². The Kier molecular flexibility index (Phi) is 9.96. The minimum absolute atomic E-state index is 0.101. The van der Waals surface area contributed by atoms with Crippen molar-refractivity contribution in [1.29, 1.82) is 0 Å². The Hall–Kier alpha value is -1.99. The van der Waals surface area contributed by atoms with Crippen LogP contribution in [-0.4, -0.2) is 51.9 Å². The lowest BCUT2D eigenvalue weighted by atomic mass is 10.2. The molecule has 0 aliphatic heterocycles. The first-order chi connectivity index (χ1) is 9.10. The first-order valence-corrected chi connectivity index (χ1v) is 6.00. The number of hydrogen-bond donors (Lipinski definition) is 3. The molecule has 0 rings (SSSR count). The number of carbonyl (C=O) groups is 3. The van der Waals surface area contributed by atoms with Crippen LogP contribution in [0.1, 0.15) is 19.3 Å². The standard InChI is InChI=1S/C11H21N3O5/c1-18-10(16)13-7-5-3-4-6-12-9(15)8-14-11(17)19-2/h3-8H2,1-2H3,(H,12,15)(H,13,16)(H,14,17). The smallest absolute Gasteiger partial charge is 0.407 e. The average Bonchev–Trinajstić information content (AvgIpc) is 2.43. The number of alkyl carbamates (subject to hydrolysis) is 2. The summed E-state index contributed by atoms with van der Waals surface area (Å²) in [6.45, 7) is 0.973. The number of hydrogen-bond acceptors (Lipinski definition) is 5. The molecule has 0 aliphatic carbocycles. The Bertz CT molecular complexity index is 296. The van der Waals surface area contributed by atoms with Crippen LogP contribution in [0.2, 0.25) is 0 Å². The lowest BCUT2D eigenvalue weighted by Gasteiger charge is -2.06. The Morgan fingerprint density at radius 3 is 1.89 bits per heavy atom. The van der Waals surface area contributed by atoms with E-state index in [2.05, 4.69) is 25.4 Å². The number of nitrogens with one attached hydrogen (secondary N) is 3. The first kappa shape index (κ1) is 17.0. The van der Waals surface area contributed by atoms with Crippen LogP contribution in [0.4, 0.5) is 9.59 Å². The molecular weight excluding hydrogens is 254 g/mol. The highest BCUT2D eigenvalue weighted by molar-refractivity contribution is 5.81. The fourth-order valence-electron chi connectivity index (χ4n) is 1.20. The highest BCUT2D eigenvalue weighted by Crippen LogP contribution is 1.92. The van der Waals surface area contributed by atoms with Gasteiger partial charge in [-0.05, 0) is 19.3 Å². The summed E-state index contributed by atoms with van der Waals surface area (Å²) >= 11 is 0. The highest BCUT2D eigenvalue weighted by Gasteiger charge is 2.03. The maximum Gasteiger partial charge on any atom is 0.407 e. The van der Waals surface area contributed by atoms with Crippen LogP contribution in [0.15, 0.2) is 0 Å². The van der Waals surface area contributed by atoms with Crippen molar-refractivity contribution >= 4 is 18.1 Å². The molecule has 3 amide bonds. The molecule has 0 unspecified atom stereocenters. The normalized spacial score (nSPS) is 9.37. The fourth-order valence-corrected chi connectivity index (χ4v) is 1.20. The van der Waals surface area contributed by atoms with E-state index in [1.165, 1.54) is 14.2 Å². The monoisotopic (exact) mass is 275 g/mol. The summed E-state index contributed by atoms with van der Waals surface area (Å²) in [5.74, 6) is -0.266. The molecule has 0 saturated carbocycles. The largest absolute Gasteiger partial charge is 0.453 e. The van der Waals surface area contributed by atoms with Crippen molar-refractivity contribution < 1.29 is 23.9 Å². The molecule has 0 aromatic rings. The zero-order valence-corrected chi connectivity index (χ0v) is 11.3. The second kappa shape index (κ2) is 11.1. The van der Waals surface area contributed by atoms with E-state index in [1.807, 2.05) is 0 Å². The maximum atomic E-state index is 11.2. The number of carbonyl (C=O) groups excluding carboxylic acids is 3. The van der Waals surface area contributed by atoms with E-state index in [9.17, 15) is 14.4 Å². The van der Waals surface area contributed by atoms with Gasteiger partial charge in [-0.3, -0.25) is 4.79 Å². The van der Waals surface area contributed by atoms with Gasteiger partial charge in [-0.2, -0.15) is 0 Å². The van der Waals surface area contributed by atoms with Crippen LogP contribution in [0.3, 0.4) is 0 Å². The summed E-state index contributed by atoms with van der Waals surface area (Å²) in [6.07, 6.45) is 1.40. The SMILES string of the molecule is COC(=O)NCCCCCNC(=O)CNC(=O)OC. The predicted molar refractivity (Wildman–Crippen MR) is 67.7 cm³/mol. The number of amides is 3. The van der Waals surface area contributed by atoms with Gasteiger partial charge in [0, 0.05) is 13.1 Å².